The van der Waals surface area contributed by atoms with Crippen molar-refractivity contribution in [3.8, 4) is 11.3 Å². The molecule has 0 bridgehead atoms. The van der Waals surface area contributed by atoms with E-state index >= 15 is 4.39 Å². The van der Waals surface area contributed by atoms with Crippen molar-refractivity contribution in [2.45, 2.75) is 20.0 Å². The number of imidazole rings is 1. The molecule has 1 aromatic carbocycles. The number of benzene rings is 1. The van der Waals surface area contributed by atoms with E-state index in [9.17, 15) is 4.39 Å². The number of allylic oxidation sites excluding steroid dienone is 5. The minimum Gasteiger partial charge on any atom is -0.360 e. The van der Waals surface area contributed by atoms with E-state index in [0.717, 1.165) is 5.70 Å². The Morgan fingerprint density at radius 2 is 1.86 bits per heavy atom. The molecular formula is C27H21F2N7. The van der Waals surface area contributed by atoms with Crippen molar-refractivity contribution in [1.82, 2.24) is 35.6 Å². The van der Waals surface area contributed by atoms with Gasteiger partial charge in [0.2, 0.25) is 0 Å². The Labute approximate surface area is 205 Å². The molecule has 178 valence electrons. The topological polar surface area (TPSA) is 101 Å². The van der Waals surface area contributed by atoms with Crippen LogP contribution in [0.1, 0.15) is 25.2 Å². The number of H-pyrrole nitrogens is 1. The highest BCUT2D eigenvalue weighted by Crippen LogP contribution is 2.44. The van der Waals surface area contributed by atoms with Gasteiger partial charge in [0.05, 0.1) is 16.8 Å². The minimum absolute atomic E-state index is 0.116. The maximum absolute atomic E-state index is 16.4. The number of nitrogens with one attached hydrogen (secondary N) is 3. The summed E-state index contributed by atoms with van der Waals surface area (Å²) in [5, 5.41) is 6.58. The molecule has 0 amide bonds. The van der Waals surface area contributed by atoms with E-state index < -0.39 is 5.83 Å². The monoisotopic (exact) mass is 481 g/mol. The number of halogens is 2. The third-order valence-corrected chi connectivity index (χ3v) is 6.27. The first kappa shape index (κ1) is 21.8. The zero-order valence-corrected chi connectivity index (χ0v) is 19.5. The second-order valence-electron chi connectivity index (χ2n) is 8.35. The molecule has 1 saturated heterocycles. The molecule has 1 fully saturated rings. The fraction of sp³-hybridized carbons (Fsp3) is 0.111. The summed E-state index contributed by atoms with van der Waals surface area (Å²) in [6.07, 6.45) is 9.57. The lowest BCUT2D eigenvalue weighted by molar-refractivity contribution is 0.631. The summed E-state index contributed by atoms with van der Waals surface area (Å²) in [6, 6.07) is 8.21. The normalized spacial score (nSPS) is 19.7. The third-order valence-electron chi connectivity index (χ3n) is 6.27. The van der Waals surface area contributed by atoms with Gasteiger partial charge < -0.3 is 15.6 Å². The number of fused-ring (bicyclic) bond motifs is 2. The van der Waals surface area contributed by atoms with Crippen LogP contribution in [0.4, 0.5) is 8.78 Å². The van der Waals surface area contributed by atoms with Gasteiger partial charge in [-0.1, -0.05) is 24.3 Å². The summed E-state index contributed by atoms with van der Waals surface area (Å²) in [7, 11) is 0. The lowest BCUT2D eigenvalue weighted by Gasteiger charge is -2.20. The van der Waals surface area contributed by atoms with Gasteiger partial charge in [-0.15, -0.1) is 0 Å². The smallest absolute Gasteiger partial charge is 0.141 e. The zero-order valence-electron chi connectivity index (χ0n) is 19.5. The molecule has 3 aromatic heterocycles. The van der Waals surface area contributed by atoms with Crippen LogP contribution in [0.25, 0.3) is 33.4 Å². The Morgan fingerprint density at radius 1 is 1.06 bits per heavy atom. The predicted molar refractivity (Wildman–Crippen MR) is 134 cm³/mol. The molecule has 36 heavy (non-hydrogen) atoms. The molecular weight excluding hydrogens is 460 g/mol. The van der Waals surface area contributed by atoms with E-state index in [1.54, 1.807) is 55.9 Å². The van der Waals surface area contributed by atoms with Gasteiger partial charge in [-0.2, -0.15) is 0 Å². The maximum atomic E-state index is 16.4. The van der Waals surface area contributed by atoms with Crippen LogP contribution in [0.15, 0.2) is 90.2 Å². The highest BCUT2D eigenvalue weighted by atomic mass is 19.1. The van der Waals surface area contributed by atoms with E-state index in [4.69, 9.17) is 4.98 Å². The van der Waals surface area contributed by atoms with Crippen LogP contribution in [0.3, 0.4) is 0 Å². The van der Waals surface area contributed by atoms with Crippen LogP contribution in [-0.4, -0.2) is 31.1 Å². The van der Waals surface area contributed by atoms with Crippen molar-refractivity contribution in [3.05, 3.63) is 107 Å². The number of nitrogens with zero attached hydrogens (tertiary/aromatic N) is 4. The Kier molecular flexibility index (Phi) is 5.18. The molecule has 0 saturated carbocycles. The Bertz CT molecular complexity index is 1630. The fourth-order valence-corrected chi connectivity index (χ4v) is 4.53. The molecule has 3 N–H and O–H groups in total. The average molecular weight is 482 g/mol. The first-order chi connectivity index (χ1) is 17.6. The number of hydrogen-bond acceptors (Lipinski definition) is 6. The van der Waals surface area contributed by atoms with Crippen LogP contribution in [0.2, 0.25) is 0 Å². The maximum Gasteiger partial charge on any atom is 0.141 e. The lowest BCUT2D eigenvalue weighted by atomic mass is 9.93. The van der Waals surface area contributed by atoms with Crippen LogP contribution in [0.5, 0.6) is 0 Å². The summed E-state index contributed by atoms with van der Waals surface area (Å²) in [5.74, 6) is -0.359. The van der Waals surface area contributed by atoms with E-state index in [0.29, 0.717) is 56.1 Å². The van der Waals surface area contributed by atoms with Crippen LogP contribution < -0.4 is 10.6 Å². The van der Waals surface area contributed by atoms with Crippen molar-refractivity contribution in [3.63, 3.8) is 0 Å². The SMILES string of the molecule is C/C=C1/NC2NC2=C(c2nc3c(-c4ccccc4F)nccc3[nH]2)/C1=C(F)/C(=C/C)c1cncnc1. The summed E-state index contributed by atoms with van der Waals surface area (Å²) < 4.78 is 31.0. The van der Waals surface area contributed by atoms with Gasteiger partial charge in [0.1, 0.15) is 41.2 Å². The number of aromatic nitrogens is 5. The van der Waals surface area contributed by atoms with E-state index in [1.165, 1.54) is 12.4 Å². The highest BCUT2D eigenvalue weighted by Gasteiger charge is 2.42. The van der Waals surface area contributed by atoms with Gasteiger partial charge in [0.15, 0.2) is 0 Å². The van der Waals surface area contributed by atoms with E-state index in [-0.39, 0.29) is 12.0 Å². The molecule has 6 rings (SSSR count). The second-order valence-corrected chi connectivity index (χ2v) is 8.35. The first-order valence-corrected chi connectivity index (χ1v) is 11.5. The number of aromatic amines is 1. The van der Waals surface area contributed by atoms with E-state index in [2.05, 4.69) is 30.6 Å². The Balaban J connectivity index is 1.56. The van der Waals surface area contributed by atoms with Gasteiger partial charge in [0, 0.05) is 46.6 Å². The standard InChI is InChI=1S/C27H21F2N7/c1-3-15(14-11-30-13-31-12-14)22(29)20-18(4-2)33-27-25(36-27)21(20)26-34-19-9-10-32-23(24(19)35-26)16-7-5-6-8-17(16)28/h3-13,27,33,36H,1-2H3,(H,34,35)/b15-3+,18-4+,22-20-. The average Bonchev–Trinajstić information content (AvgIpc) is 3.56. The molecule has 0 radical (unpaired) electrons. The molecule has 0 spiro atoms. The van der Waals surface area contributed by atoms with Crippen molar-refractivity contribution < 1.29 is 8.78 Å². The molecule has 1 atom stereocenters. The second kappa shape index (κ2) is 8.53. The first-order valence-electron chi connectivity index (χ1n) is 11.5. The quantitative estimate of drug-likeness (QED) is 0.354. The van der Waals surface area contributed by atoms with Gasteiger partial charge in [-0.05, 0) is 32.0 Å². The molecule has 7 nitrogen and oxygen atoms in total. The molecule has 2 aliphatic rings. The van der Waals surface area contributed by atoms with E-state index in [1.807, 2.05) is 13.0 Å². The largest absolute Gasteiger partial charge is 0.360 e. The third kappa shape index (κ3) is 3.48. The summed E-state index contributed by atoms with van der Waals surface area (Å²) >= 11 is 0. The van der Waals surface area contributed by atoms with Crippen molar-refractivity contribution in [2.75, 3.05) is 0 Å². The minimum atomic E-state index is -0.435. The van der Waals surface area contributed by atoms with Crippen LogP contribution in [0, 0.1) is 5.82 Å². The van der Waals surface area contributed by atoms with Crippen molar-refractivity contribution in [1.29, 1.82) is 0 Å². The highest BCUT2D eigenvalue weighted by molar-refractivity contribution is 5.97. The Morgan fingerprint density at radius 3 is 2.61 bits per heavy atom. The molecule has 0 aliphatic carbocycles. The molecule has 1 unspecified atom stereocenters. The Hall–Kier alpha value is -4.66. The zero-order chi connectivity index (χ0) is 24.8. The number of hydrogen-bond donors (Lipinski definition) is 3. The number of pyridine rings is 1. The summed E-state index contributed by atoms with van der Waals surface area (Å²) in [4.78, 5) is 20.6. The molecule has 2 aliphatic heterocycles. The van der Waals surface area contributed by atoms with Crippen molar-refractivity contribution >= 4 is 22.2 Å². The van der Waals surface area contributed by atoms with Gasteiger partial charge in [0.25, 0.3) is 0 Å². The number of rotatable bonds is 4. The summed E-state index contributed by atoms with van der Waals surface area (Å²) in [5.41, 5.74) is 5.30. The lowest BCUT2D eigenvalue weighted by Crippen LogP contribution is -2.24. The van der Waals surface area contributed by atoms with Gasteiger partial charge >= 0.3 is 0 Å². The predicted octanol–water partition coefficient (Wildman–Crippen LogP) is 5.03. The van der Waals surface area contributed by atoms with Gasteiger partial charge in [-0.25, -0.2) is 23.7 Å². The molecule has 5 heterocycles. The van der Waals surface area contributed by atoms with Gasteiger partial charge in [-0.3, -0.25) is 4.98 Å². The fourth-order valence-electron chi connectivity index (χ4n) is 4.53. The van der Waals surface area contributed by atoms with Crippen molar-refractivity contribution in [2.24, 2.45) is 0 Å². The van der Waals surface area contributed by atoms with Crippen LogP contribution in [-0.2, 0) is 0 Å². The summed E-state index contributed by atoms with van der Waals surface area (Å²) in [6.45, 7) is 3.62. The molecule has 4 aromatic rings. The molecule has 9 heteroatoms. The van der Waals surface area contributed by atoms with Crippen LogP contribution >= 0.6 is 0 Å².